The summed E-state index contributed by atoms with van der Waals surface area (Å²) in [6.07, 6.45) is -4.84. The van der Waals surface area contributed by atoms with Crippen LogP contribution in [0.5, 0.6) is 5.75 Å². The first kappa shape index (κ1) is 25.8. The minimum absolute atomic E-state index is 0.157. The quantitative estimate of drug-likeness (QED) is 0.174. The second-order valence-electron chi connectivity index (χ2n) is 8.97. The predicted molar refractivity (Wildman–Crippen MR) is 143 cm³/mol. The Kier molecular flexibility index (Phi) is 6.33. The Morgan fingerprint density at radius 2 is 1.35 bits per heavy atom. The van der Waals surface area contributed by atoms with Crippen LogP contribution in [0.1, 0.15) is 22.3 Å². The highest BCUT2D eigenvalue weighted by molar-refractivity contribution is 6.07. The first-order valence-corrected chi connectivity index (χ1v) is 11.8. The average Bonchev–Trinajstić information content (AvgIpc) is 3.24. The van der Waals surface area contributed by atoms with Crippen molar-refractivity contribution in [1.29, 1.82) is 10.5 Å². The molecular formula is C32H15F3N4O. The molecule has 0 bridgehead atoms. The molecule has 0 aliphatic heterocycles. The second kappa shape index (κ2) is 9.80. The first-order chi connectivity index (χ1) is 19.2. The third kappa shape index (κ3) is 4.52. The number of nitriles is 2. The number of alkyl halides is 3. The van der Waals surface area contributed by atoms with Crippen LogP contribution in [0.4, 0.5) is 18.9 Å². The maximum absolute atomic E-state index is 12.6. The maximum Gasteiger partial charge on any atom is 0.573 e. The number of ether oxygens (including phenoxy) is 1. The molecule has 0 unspecified atom stereocenters. The van der Waals surface area contributed by atoms with Gasteiger partial charge in [-0.05, 0) is 76.2 Å². The van der Waals surface area contributed by atoms with Crippen LogP contribution in [0.15, 0.2) is 78.5 Å². The lowest BCUT2D eigenvalue weighted by molar-refractivity contribution is -0.274. The van der Waals surface area contributed by atoms with Gasteiger partial charge in [-0.1, -0.05) is 48.0 Å². The Balaban J connectivity index is 1.74. The number of allylic oxidation sites excluding steroid dienone is 1. The lowest BCUT2D eigenvalue weighted by atomic mass is 9.93. The minimum atomic E-state index is -4.84. The van der Waals surface area contributed by atoms with E-state index in [1.165, 1.54) is 12.1 Å². The molecule has 0 aromatic heterocycles. The number of fused-ring (bicyclic) bond motifs is 3. The van der Waals surface area contributed by atoms with Gasteiger partial charge in [-0.25, -0.2) is 15.0 Å². The van der Waals surface area contributed by atoms with Crippen molar-refractivity contribution < 1.29 is 17.9 Å². The number of benzene rings is 4. The fourth-order valence-corrected chi connectivity index (χ4v) is 4.81. The van der Waals surface area contributed by atoms with Gasteiger partial charge in [0.15, 0.2) is 5.69 Å². The molecule has 0 saturated heterocycles. The highest BCUT2D eigenvalue weighted by Crippen LogP contribution is 2.51. The molecule has 0 fully saturated rings. The molecule has 0 radical (unpaired) electrons. The standard InChI is InChI=1S/C32H15F3N4O/c1-18-4-6-20(7-5-18)24-14-28-26(15-29(24)38-2)25-12-21(16-36)23(13-27(25)31(28)30(17-37)39-3)19-8-10-22(11-9-19)40-32(33,34)35/h4-15H,1H3/b31-30-. The summed E-state index contributed by atoms with van der Waals surface area (Å²) in [5, 5.41) is 19.8. The molecule has 5 rings (SSSR count). The lowest BCUT2D eigenvalue weighted by Crippen LogP contribution is -2.16. The van der Waals surface area contributed by atoms with E-state index in [0.29, 0.717) is 50.2 Å². The molecule has 190 valence electrons. The van der Waals surface area contributed by atoms with Gasteiger partial charge in [-0.15, -0.1) is 13.2 Å². The zero-order valence-corrected chi connectivity index (χ0v) is 20.8. The van der Waals surface area contributed by atoms with Crippen molar-refractivity contribution >= 4 is 11.3 Å². The van der Waals surface area contributed by atoms with E-state index in [9.17, 15) is 23.7 Å². The Bertz CT molecular complexity index is 1880. The molecular weight excluding hydrogens is 513 g/mol. The summed E-state index contributed by atoms with van der Waals surface area (Å²) in [6, 6.07) is 23.6. The number of hydrogen-bond donors (Lipinski definition) is 0. The van der Waals surface area contributed by atoms with Crippen LogP contribution in [0, 0.1) is 42.7 Å². The van der Waals surface area contributed by atoms with Gasteiger partial charge in [-0.2, -0.15) is 5.26 Å². The van der Waals surface area contributed by atoms with Gasteiger partial charge in [0.1, 0.15) is 5.75 Å². The molecule has 40 heavy (non-hydrogen) atoms. The van der Waals surface area contributed by atoms with Crippen LogP contribution >= 0.6 is 0 Å². The van der Waals surface area contributed by atoms with Crippen LogP contribution in [0.3, 0.4) is 0 Å². The normalized spacial score (nSPS) is 12.7. The summed E-state index contributed by atoms with van der Waals surface area (Å²) in [5.41, 5.74) is 6.48. The summed E-state index contributed by atoms with van der Waals surface area (Å²) in [7, 11) is 0. The molecule has 0 N–H and O–H groups in total. The van der Waals surface area contributed by atoms with Crippen LogP contribution in [-0.4, -0.2) is 6.36 Å². The van der Waals surface area contributed by atoms with Gasteiger partial charge < -0.3 is 4.74 Å². The largest absolute Gasteiger partial charge is 0.573 e. The first-order valence-electron chi connectivity index (χ1n) is 11.8. The SMILES string of the molecule is [C-]#[N+]/C(C#N)=C1/c2cc(-c3ccc(OC(F)(F)F)cc3)c(C#N)cc2-c2cc([N+]#[C-])c(-c3ccc(C)cc3)cc21. The molecule has 1 aliphatic carbocycles. The molecule has 0 saturated carbocycles. The van der Waals surface area contributed by atoms with Crippen molar-refractivity contribution in [2.24, 2.45) is 0 Å². The van der Waals surface area contributed by atoms with E-state index in [4.69, 9.17) is 13.1 Å². The van der Waals surface area contributed by atoms with Crippen LogP contribution in [0.25, 0.3) is 48.6 Å². The highest BCUT2D eigenvalue weighted by Gasteiger charge is 2.32. The van der Waals surface area contributed by atoms with Crippen molar-refractivity contribution in [3.8, 4) is 51.3 Å². The molecule has 1 aliphatic rings. The van der Waals surface area contributed by atoms with E-state index >= 15 is 0 Å². The summed E-state index contributed by atoms with van der Waals surface area (Å²) < 4.78 is 41.8. The fraction of sp³-hybridized carbons (Fsp3) is 0.0625. The number of nitrogens with zero attached hydrogens (tertiary/aromatic N) is 4. The number of halogens is 3. The van der Waals surface area contributed by atoms with E-state index in [2.05, 4.69) is 20.5 Å². The third-order valence-corrected chi connectivity index (χ3v) is 6.58. The van der Waals surface area contributed by atoms with Gasteiger partial charge in [0.2, 0.25) is 0 Å². The van der Waals surface area contributed by atoms with Gasteiger partial charge in [0, 0.05) is 11.1 Å². The summed E-state index contributed by atoms with van der Waals surface area (Å²) in [5.74, 6) is -0.404. The van der Waals surface area contributed by atoms with Gasteiger partial charge >= 0.3 is 6.36 Å². The Morgan fingerprint density at radius 3 is 1.90 bits per heavy atom. The van der Waals surface area contributed by atoms with E-state index in [1.54, 1.807) is 24.3 Å². The van der Waals surface area contributed by atoms with Crippen LogP contribution in [-0.2, 0) is 0 Å². The van der Waals surface area contributed by atoms with Crippen molar-refractivity contribution in [3.05, 3.63) is 124 Å². The minimum Gasteiger partial charge on any atom is -0.406 e. The predicted octanol–water partition coefficient (Wildman–Crippen LogP) is 8.83. The van der Waals surface area contributed by atoms with E-state index in [1.807, 2.05) is 37.3 Å². The van der Waals surface area contributed by atoms with E-state index < -0.39 is 12.1 Å². The average molecular weight is 528 g/mol. The maximum atomic E-state index is 12.6. The number of hydrogen-bond acceptors (Lipinski definition) is 3. The fourth-order valence-electron chi connectivity index (χ4n) is 4.81. The molecule has 8 heteroatoms. The summed E-state index contributed by atoms with van der Waals surface area (Å²) in [4.78, 5) is 7.18. The zero-order valence-electron chi connectivity index (χ0n) is 20.8. The molecule has 0 amide bonds. The van der Waals surface area contributed by atoms with Crippen LogP contribution < -0.4 is 4.74 Å². The third-order valence-electron chi connectivity index (χ3n) is 6.58. The molecule has 4 aromatic rings. The van der Waals surface area contributed by atoms with Gasteiger partial charge in [0.25, 0.3) is 5.70 Å². The Morgan fingerprint density at radius 1 is 0.775 bits per heavy atom. The highest BCUT2D eigenvalue weighted by atomic mass is 19.4. The van der Waals surface area contributed by atoms with Crippen molar-refractivity contribution in [2.45, 2.75) is 13.3 Å². The second-order valence-corrected chi connectivity index (χ2v) is 8.97. The van der Waals surface area contributed by atoms with Crippen LogP contribution in [0.2, 0.25) is 0 Å². The van der Waals surface area contributed by atoms with Gasteiger partial charge in [-0.3, -0.25) is 0 Å². The van der Waals surface area contributed by atoms with Gasteiger partial charge in [0.05, 0.1) is 30.8 Å². The van der Waals surface area contributed by atoms with Crippen molar-refractivity contribution in [1.82, 2.24) is 0 Å². The van der Waals surface area contributed by atoms with Crippen molar-refractivity contribution in [3.63, 3.8) is 0 Å². The lowest BCUT2D eigenvalue weighted by Gasteiger charge is -2.12. The topological polar surface area (TPSA) is 65.5 Å². The van der Waals surface area contributed by atoms with Crippen molar-refractivity contribution in [2.75, 3.05) is 0 Å². The van der Waals surface area contributed by atoms with E-state index in [0.717, 1.165) is 23.3 Å². The summed E-state index contributed by atoms with van der Waals surface area (Å²) in [6.45, 7) is 17.4. The number of aryl methyl sites for hydroxylation is 1. The molecule has 0 spiro atoms. The number of rotatable bonds is 3. The monoisotopic (exact) mass is 528 g/mol. The summed E-state index contributed by atoms with van der Waals surface area (Å²) >= 11 is 0. The Labute approximate surface area is 227 Å². The smallest absolute Gasteiger partial charge is 0.406 e. The molecule has 5 nitrogen and oxygen atoms in total. The molecule has 0 atom stereocenters. The zero-order chi connectivity index (χ0) is 28.6. The molecule has 0 heterocycles. The molecule has 4 aromatic carbocycles. The van der Waals surface area contributed by atoms with E-state index in [-0.39, 0.29) is 11.3 Å². The Hall–Kier alpha value is -5.83.